The summed E-state index contributed by atoms with van der Waals surface area (Å²) in [6.45, 7) is 8.75. The highest BCUT2D eigenvalue weighted by Gasteiger charge is 2.50. The van der Waals surface area contributed by atoms with Crippen LogP contribution in [-0.4, -0.2) is 54.5 Å². The van der Waals surface area contributed by atoms with Gasteiger partial charge in [0.2, 0.25) is 0 Å². The molecule has 1 aromatic rings. The number of carbonyl (C=O) groups is 1. The maximum atomic E-state index is 13.4. The predicted octanol–water partition coefficient (Wildman–Crippen LogP) is 4.01. The highest BCUT2D eigenvalue weighted by molar-refractivity contribution is 5.60. The zero-order valence-corrected chi connectivity index (χ0v) is 17.0. The highest BCUT2D eigenvalue weighted by Crippen LogP contribution is 2.32. The lowest BCUT2D eigenvalue weighted by Crippen LogP contribution is -2.66. The van der Waals surface area contributed by atoms with E-state index in [-0.39, 0.29) is 18.2 Å². The number of halogens is 2. The summed E-state index contributed by atoms with van der Waals surface area (Å²) in [5, 5.41) is 3.36. The van der Waals surface area contributed by atoms with E-state index in [9.17, 15) is 13.6 Å². The fourth-order valence-electron chi connectivity index (χ4n) is 4.22. The van der Waals surface area contributed by atoms with E-state index in [0.29, 0.717) is 36.2 Å². The Hall–Kier alpha value is -1.73. The van der Waals surface area contributed by atoms with Crippen LogP contribution in [0.2, 0.25) is 0 Å². The van der Waals surface area contributed by atoms with Gasteiger partial charge < -0.3 is 14.8 Å². The fourth-order valence-corrected chi connectivity index (χ4v) is 4.22. The van der Waals surface area contributed by atoms with Gasteiger partial charge in [-0.15, -0.1) is 0 Å². The summed E-state index contributed by atoms with van der Waals surface area (Å²) < 4.78 is 38.6. The molecule has 28 heavy (non-hydrogen) atoms. The quantitative estimate of drug-likeness (QED) is 0.783. The number of carbonyl (C=O) groups excluding carboxylic acids is 1. The zero-order valence-electron chi connectivity index (χ0n) is 17.0. The summed E-state index contributed by atoms with van der Waals surface area (Å²) >= 11 is 0. The first kappa shape index (κ1) is 21.0. The lowest BCUT2D eigenvalue weighted by Gasteiger charge is -2.47. The molecule has 3 rings (SSSR count). The van der Waals surface area contributed by atoms with Gasteiger partial charge in [0, 0.05) is 44.8 Å². The van der Waals surface area contributed by atoms with Crippen LogP contribution >= 0.6 is 0 Å². The molecule has 0 bridgehead atoms. The Kier molecular flexibility index (Phi) is 6.25. The molecule has 2 heterocycles. The van der Waals surface area contributed by atoms with Crippen LogP contribution in [0.3, 0.4) is 0 Å². The van der Waals surface area contributed by atoms with Gasteiger partial charge in [0.25, 0.3) is 0 Å². The average Bonchev–Trinajstić information content (AvgIpc) is 2.65. The second kappa shape index (κ2) is 8.33. The first-order valence-electron chi connectivity index (χ1n) is 10.1. The van der Waals surface area contributed by atoms with Crippen LogP contribution in [0.4, 0.5) is 13.6 Å². The van der Waals surface area contributed by atoms with E-state index in [1.165, 1.54) is 6.07 Å². The Morgan fingerprint density at radius 1 is 1.07 bits per heavy atom. The number of hydrogen-bond acceptors (Lipinski definition) is 4. The molecular formula is C21H31F2N2O3+. The van der Waals surface area contributed by atoms with E-state index in [1.54, 1.807) is 0 Å². The van der Waals surface area contributed by atoms with Gasteiger partial charge in [0.05, 0.1) is 13.1 Å². The van der Waals surface area contributed by atoms with Crippen molar-refractivity contribution in [1.82, 2.24) is 5.32 Å². The van der Waals surface area contributed by atoms with Crippen molar-refractivity contribution in [2.75, 3.05) is 26.2 Å². The molecule has 0 aromatic heterocycles. The minimum absolute atomic E-state index is 0.125. The molecule has 1 N–H and O–H groups in total. The van der Waals surface area contributed by atoms with Gasteiger partial charge in [-0.2, -0.15) is 4.79 Å². The van der Waals surface area contributed by atoms with Gasteiger partial charge in [-0.1, -0.05) is 0 Å². The first-order valence-corrected chi connectivity index (χ1v) is 10.1. The number of likely N-dealkylation sites (tertiary alicyclic amines) is 1. The topological polar surface area (TPSA) is 47.6 Å². The van der Waals surface area contributed by atoms with Crippen LogP contribution in [-0.2, 0) is 4.74 Å². The summed E-state index contributed by atoms with van der Waals surface area (Å²) in [4.78, 5) is 13.2. The van der Waals surface area contributed by atoms with Crippen molar-refractivity contribution >= 4 is 6.09 Å². The minimum atomic E-state index is -0.915. The van der Waals surface area contributed by atoms with E-state index >= 15 is 0 Å². The number of nitrogens with one attached hydrogen (secondary N) is 1. The number of hydrogen-bond donors (Lipinski definition) is 1. The fraction of sp³-hybridized carbons (Fsp3) is 0.667. The molecule has 1 amide bonds. The van der Waals surface area contributed by atoms with Crippen molar-refractivity contribution in [1.29, 1.82) is 0 Å². The normalized spacial score (nSPS) is 26.7. The van der Waals surface area contributed by atoms with Crippen molar-refractivity contribution < 1.29 is 27.5 Å². The molecule has 0 spiro atoms. The Bertz CT molecular complexity index is 691. The average molecular weight is 397 g/mol. The first-order chi connectivity index (χ1) is 13.2. The van der Waals surface area contributed by atoms with Crippen molar-refractivity contribution in [2.24, 2.45) is 0 Å². The molecule has 0 aliphatic carbocycles. The van der Waals surface area contributed by atoms with Gasteiger partial charge >= 0.3 is 6.09 Å². The monoisotopic (exact) mass is 397 g/mol. The number of benzene rings is 1. The van der Waals surface area contributed by atoms with Crippen LogP contribution in [0.1, 0.15) is 46.5 Å². The van der Waals surface area contributed by atoms with E-state index < -0.39 is 17.2 Å². The van der Waals surface area contributed by atoms with Crippen molar-refractivity contribution in [3.63, 3.8) is 0 Å². The summed E-state index contributed by atoms with van der Waals surface area (Å²) in [7, 11) is 0. The van der Waals surface area contributed by atoms with E-state index in [4.69, 9.17) is 9.47 Å². The Morgan fingerprint density at radius 3 is 2.29 bits per heavy atom. The third-order valence-corrected chi connectivity index (χ3v) is 5.66. The van der Waals surface area contributed by atoms with Gasteiger partial charge in [-0.05, 0) is 32.9 Å². The molecule has 156 valence electrons. The molecule has 5 nitrogen and oxygen atoms in total. The predicted molar refractivity (Wildman–Crippen MR) is 102 cm³/mol. The zero-order chi connectivity index (χ0) is 20.4. The summed E-state index contributed by atoms with van der Waals surface area (Å²) in [6, 6.07) is 3.83. The standard InChI is InChI=1S/C21H31F2N2O3/c1-21(2,3)28-20(26)25(15-6-10-24-11-7-15)12-8-16(9-13-25)27-17-4-5-18(22)19(23)14-17/h4-5,14-16,24H,6-13H2,1-3H3/q+1. The van der Waals surface area contributed by atoms with Crippen LogP contribution in [0.25, 0.3) is 0 Å². The van der Waals surface area contributed by atoms with E-state index in [1.807, 2.05) is 20.8 Å². The molecular weight excluding hydrogens is 366 g/mol. The van der Waals surface area contributed by atoms with Crippen LogP contribution in [0.15, 0.2) is 18.2 Å². The van der Waals surface area contributed by atoms with Crippen LogP contribution in [0, 0.1) is 11.6 Å². The van der Waals surface area contributed by atoms with Crippen molar-refractivity contribution in [2.45, 2.75) is 64.2 Å². The van der Waals surface area contributed by atoms with Crippen molar-refractivity contribution in [3.05, 3.63) is 29.8 Å². The lowest BCUT2D eigenvalue weighted by molar-refractivity contribution is -0.890. The van der Waals surface area contributed by atoms with Gasteiger partial charge in [-0.3, -0.25) is 0 Å². The minimum Gasteiger partial charge on any atom is -0.490 e. The molecule has 0 radical (unpaired) electrons. The summed E-state index contributed by atoms with van der Waals surface area (Å²) in [5.74, 6) is -1.48. The van der Waals surface area contributed by atoms with E-state index in [0.717, 1.165) is 38.1 Å². The molecule has 2 aliphatic heterocycles. The number of nitrogens with zero attached hydrogens (tertiary/aromatic N) is 1. The third-order valence-electron chi connectivity index (χ3n) is 5.66. The lowest BCUT2D eigenvalue weighted by atomic mass is 9.96. The molecule has 0 unspecified atom stereocenters. The number of amides is 1. The smallest absolute Gasteiger partial charge is 0.490 e. The van der Waals surface area contributed by atoms with E-state index in [2.05, 4.69) is 5.32 Å². The third kappa shape index (κ3) is 4.81. The Labute approximate surface area is 165 Å². The largest absolute Gasteiger partial charge is 0.516 e. The Morgan fingerprint density at radius 2 is 1.71 bits per heavy atom. The molecule has 1 aromatic carbocycles. The Balaban J connectivity index is 1.70. The highest BCUT2D eigenvalue weighted by atomic mass is 19.2. The maximum Gasteiger partial charge on any atom is 0.516 e. The molecule has 7 heteroatoms. The number of rotatable bonds is 3. The molecule has 2 saturated heterocycles. The number of quaternary nitrogens is 1. The maximum absolute atomic E-state index is 13.4. The second-order valence-electron chi connectivity index (χ2n) is 8.84. The SMILES string of the molecule is CC(C)(C)OC(=O)[N+]1(C2CCNCC2)CCC(Oc2ccc(F)c(F)c2)CC1. The number of piperidine rings is 2. The summed E-state index contributed by atoms with van der Waals surface area (Å²) in [5.41, 5.74) is -0.533. The van der Waals surface area contributed by atoms with Gasteiger partial charge in [-0.25, -0.2) is 13.3 Å². The summed E-state index contributed by atoms with van der Waals surface area (Å²) in [6.07, 6.45) is 2.93. The molecule has 2 aliphatic rings. The second-order valence-corrected chi connectivity index (χ2v) is 8.84. The molecule has 0 saturated carbocycles. The molecule has 2 fully saturated rings. The van der Waals surface area contributed by atoms with Crippen LogP contribution in [0.5, 0.6) is 5.75 Å². The van der Waals surface area contributed by atoms with Gasteiger partial charge in [0.1, 0.15) is 23.5 Å². The molecule has 0 atom stereocenters. The number of ether oxygens (including phenoxy) is 2. The van der Waals surface area contributed by atoms with Gasteiger partial charge in [0.15, 0.2) is 11.6 Å². The van der Waals surface area contributed by atoms with Crippen LogP contribution < -0.4 is 10.1 Å². The van der Waals surface area contributed by atoms with Crippen molar-refractivity contribution in [3.8, 4) is 5.75 Å².